The second-order valence-electron chi connectivity index (χ2n) is 4.24. The van der Waals surface area contributed by atoms with E-state index in [1.54, 1.807) is 12.1 Å². The van der Waals surface area contributed by atoms with Gasteiger partial charge < -0.3 is 0 Å². The van der Waals surface area contributed by atoms with Gasteiger partial charge in [0.1, 0.15) is 0 Å². The summed E-state index contributed by atoms with van der Waals surface area (Å²) in [6, 6.07) is 6.81. The lowest BCUT2D eigenvalue weighted by Crippen LogP contribution is -2.11. The van der Waals surface area contributed by atoms with E-state index >= 15 is 0 Å². The second kappa shape index (κ2) is 5.46. The molecular weight excluding hydrogens is 222 g/mol. The third kappa shape index (κ3) is 3.94. The van der Waals surface area contributed by atoms with Gasteiger partial charge in [-0.2, -0.15) is 0 Å². The van der Waals surface area contributed by atoms with E-state index in [4.69, 9.17) is 5.14 Å². The molecular formula is C12H19NO2S. The summed E-state index contributed by atoms with van der Waals surface area (Å²) in [7, 11) is -3.56. The Kier molecular flexibility index (Phi) is 4.50. The molecule has 90 valence electrons. The first-order chi connectivity index (χ1) is 7.43. The molecule has 0 saturated carbocycles. The van der Waals surface area contributed by atoms with Crippen LogP contribution in [0.3, 0.4) is 0 Å². The lowest BCUT2D eigenvalue weighted by atomic mass is 9.99. The average Bonchev–Trinajstić information content (AvgIpc) is 2.25. The molecule has 0 amide bonds. The van der Waals surface area contributed by atoms with Gasteiger partial charge in [0.2, 0.25) is 10.0 Å². The number of sulfonamides is 1. The third-order valence-electron chi connectivity index (χ3n) is 2.87. The summed E-state index contributed by atoms with van der Waals surface area (Å²) in [6.45, 7) is 4.40. The Hall–Kier alpha value is -0.870. The van der Waals surface area contributed by atoms with E-state index in [0.29, 0.717) is 5.92 Å². The van der Waals surface area contributed by atoms with Crippen molar-refractivity contribution in [2.75, 3.05) is 0 Å². The van der Waals surface area contributed by atoms with Crippen LogP contribution in [-0.2, 0) is 16.4 Å². The van der Waals surface area contributed by atoms with Crippen LogP contribution in [0.15, 0.2) is 29.2 Å². The Bertz CT molecular complexity index is 423. The Labute approximate surface area is 97.7 Å². The maximum absolute atomic E-state index is 11.0. The molecule has 4 heteroatoms. The fourth-order valence-corrected chi connectivity index (χ4v) is 1.98. The maximum atomic E-state index is 11.0. The summed E-state index contributed by atoms with van der Waals surface area (Å²) in [5, 5.41) is 5.02. The van der Waals surface area contributed by atoms with Crippen LogP contribution in [0.1, 0.15) is 32.3 Å². The van der Waals surface area contributed by atoms with E-state index in [0.717, 1.165) is 18.4 Å². The smallest absolute Gasteiger partial charge is 0.225 e. The Morgan fingerprint density at radius 2 is 1.81 bits per heavy atom. The molecule has 0 spiro atoms. The van der Waals surface area contributed by atoms with Gasteiger partial charge in [0, 0.05) is 0 Å². The Balaban J connectivity index is 2.66. The lowest BCUT2D eigenvalue weighted by Gasteiger charge is -2.08. The topological polar surface area (TPSA) is 60.2 Å². The first kappa shape index (κ1) is 13.2. The van der Waals surface area contributed by atoms with Crippen LogP contribution in [-0.4, -0.2) is 8.42 Å². The van der Waals surface area contributed by atoms with Gasteiger partial charge >= 0.3 is 0 Å². The summed E-state index contributed by atoms with van der Waals surface area (Å²) >= 11 is 0. The van der Waals surface area contributed by atoms with E-state index in [1.165, 1.54) is 6.42 Å². The zero-order valence-corrected chi connectivity index (χ0v) is 10.6. The van der Waals surface area contributed by atoms with Crippen molar-refractivity contribution in [2.24, 2.45) is 11.1 Å². The summed E-state index contributed by atoms with van der Waals surface area (Å²) in [5.41, 5.74) is 1.16. The van der Waals surface area contributed by atoms with Crippen molar-refractivity contribution < 1.29 is 8.42 Å². The molecule has 1 rings (SSSR count). The molecule has 0 fully saturated rings. The predicted molar refractivity (Wildman–Crippen MR) is 65.6 cm³/mol. The molecule has 0 heterocycles. The van der Waals surface area contributed by atoms with Gasteiger partial charge in [-0.1, -0.05) is 32.4 Å². The van der Waals surface area contributed by atoms with Crippen molar-refractivity contribution in [3.8, 4) is 0 Å². The predicted octanol–water partition coefficient (Wildman–Crippen LogP) is 2.31. The molecule has 3 nitrogen and oxygen atoms in total. The van der Waals surface area contributed by atoms with E-state index < -0.39 is 10.0 Å². The standard InChI is InChI=1S/C12H19NO2S/c1-3-10(2)4-5-11-6-8-12(9-7-11)16(13,14)15/h6-10H,3-5H2,1-2H3,(H2,13,14,15). The zero-order valence-electron chi connectivity index (χ0n) is 9.81. The third-order valence-corrected chi connectivity index (χ3v) is 3.80. The number of nitrogens with two attached hydrogens (primary N) is 1. The fourth-order valence-electron chi connectivity index (χ4n) is 1.46. The van der Waals surface area contributed by atoms with Gasteiger partial charge in [0.15, 0.2) is 0 Å². The number of aryl methyl sites for hydroxylation is 1. The first-order valence-electron chi connectivity index (χ1n) is 5.55. The van der Waals surface area contributed by atoms with Crippen LogP contribution in [0.25, 0.3) is 0 Å². The Morgan fingerprint density at radius 3 is 2.25 bits per heavy atom. The minimum Gasteiger partial charge on any atom is -0.225 e. The molecule has 0 aliphatic heterocycles. The molecule has 0 aliphatic rings. The number of hydrogen-bond donors (Lipinski definition) is 1. The van der Waals surface area contributed by atoms with E-state index in [9.17, 15) is 8.42 Å². The van der Waals surface area contributed by atoms with Gasteiger partial charge in [-0.05, 0) is 36.5 Å². The highest BCUT2D eigenvalue weighted by Gasteiger charge is 2.07. The molecule has 0 aromatic heterocycles. The van der Waals surface area contributed by atoms with Crippen molar-refractivity contribution in [3.05, 3.63) is 29.8 Å². The maximum Gasteiger partial charge on any atom is 0.238 e. The molecule has 0 aliphatic carbocycles. The fraction of sp³-hybridized carbons (Fsp3) is 0.500. The minimum absolute atomic E-state index is 0.180. The molecule has 0 saturated heterocycles. The second-order valence-corrected chi connectivity index (χ2v) is 5.80. The quantitative estimate of drug-likeness (QED) is 0.860. The van der Waals surface area contributed by atoms with E-state index in [2.05, 4.69) is 13.8 Å². The SMILES string of the molecule is CCC(C)CCc1ccc(S(N)(=O)=O)cc1. The van der Waals surface area contributed by atoms with Crippen molar-refractivity contribution in [1.29, 1.82) is 0 Å². The van der Waals surface area contributed by atoms with Crippen molar-refractivity contribution in [1.82, 2.24) is 0 Å². The average molecular weight is 241 g/mol. The van der Waals surface area contributed by atoms with Crippen LogP contribution < -0.4 is 5.14 Å². The lowest BCUT2D eigenvalue weighted by molar-refractivity contribution is 0.516. The number of primary sulfonamides is 1. The molecule has 0 radical (unpaired) electrons. The highest BCUT2D eigenvalue weighted by Crippen LogP contribution is 2.14. The summed E-state index contributed by atoms with van der Waals surface area (Å²) in [4.78, 5) is 0.180. The highest BCUT2D eigenvalue weighted by molar-refractivity contribution is 7.89. The van der Waals surface area contributed by atoms with Gasteiger partial charge in [0.25, 0.3) is 0 Å². The number of rotatable bonds is 5. The summed E-state index contributed by atoms with van der Waals surface area (Å²) < 4.78 is 22.1. The Morgan fingerprint density at radius 1 is 1.25 bits per heavy atom. The highest BCUT2D eigenvalue weighted by atomic mass is 32.2. The van der Waals surface area contributed by atoms with Crippen molar-refractivity contribution in [3.63, 3.8) is 0 Å². The molecule has 1 aromatic carbocycles. The van der Waals surface area contributed by atoms with Crippen molar-refractivity contribution in [2.45, 2.75) is 38.0 Å². The summed E-state index contributed by atoms with van der Waals surface area (Å²) in [5.74, 6) is 0.706. The molecule has 0 bridgehead atoms. The number of hydrogen-bond acceptors (Lipinski definition) is 2. The normalized spacial score (nSPS) is 13.7. The van der Waals surface area contributed by atoms with Gasteiger partial charge in [-0.25, -0.2) is 13.6 Å². The van der Waals surface area contributed by atoms with Gasteiger partial charge in [0.05, 0.1) is 4.90 Å². The van der Waals surface area contributed by atoms with Gasteiger partial charge in [-0.3, -0.25) is 0 Å². The van der Waals surface area contributed by atoms with E-state index in [1.807, 2.05) is 12.1 Å². The van der Waals surface area contributed by atoms with Crippen LogP contribution in [0.4, 0.5) is 0 Å². The summed E-state index contributed by atoms with van der Waals surface area (Å²) in [6.07, 6.45) is 3.29. The van der Waals surface area contributed by atoms with Crippen LogP contribution >= 0.6 is 0 Å². The number of benzene rings is 1. The molecule has 16 heavy (non-hydrogen) atoms. The molecule has 1 aromatic rings. The van der Waals surface area contributed by atoms with Crippen LogP contribution in [0.2, 0.25) is 0 Å². The van der Waals surface area contributed by atoms with E-state index in [-0.39, 0.29) is 4.90 Å². The zero-order chi connectivity index (χ0) is 12.2. The van der Waals surface area contributed by atoms with Crippen LogP contribution in [0.5, 0.6) is 0 Å². The molecule has 1 unspecified atom stereocenters. The van der Waals surface area contributed by atoms with Crippen molar-refractivity contribution >= 4 is 10.0 Å². The first-order valence-corrected chi connectivity index (χ1v) is 7.10. The monoisotopic (exact) mass is 241 g/mol. The largest absolute Gasteiger partial charge is 0.238 e. The molecule has 1 atom stereocenters. The minimum atomic E-state index is -3.56. The molecule has 2 N–H and O–H groups in total. The van der Waals surface area contributed by atoms with Gasteiger partial charge in [-0.15, -0.1) is 0 Å². The van der Waals surface area contributed by atoms with Crippen LogP contribution in [0, 0.1) is 5.92 Å².